The van der Waals surface area contributed by atoms with E-state index in [4.69, 9.17) is 10.00 Å². The van der Waals surface area contributed by atoms with Crippen molar-refractivity contribution in [3.63, 3.8) is 0 Å². The molecule has 1 aliphatic heterocycles. The zero-order chi connectivity index (χ0) is 25.7. The molecule has 0 radical (unpaired) electrons. The van der Waals surface area contributed by atoms with E-state index in [1.54, 1.807) is 36.4 Å². The third-order valence-electron chi connectivity index (χ3n) is 6.05. The summed E-state index contributed by atoms with van der Waals surface area (Å²) in [5.74, 6) is -1.85. The van der Waals surface area contributed by atoms with Crippen molar-refractivity contribution in [2.75, 3.05) is 11.5 Å². The predicted molar refractivity (Wildman–Crippen MR) is 134 cm³/mol. The molecule has 1 atom stereocenters. The van der Waals surface area contributed by atoms with E-state index in [2.05, 4.69) is 6.92 Å². The number of aliphatic hydroxyl groups excluding tert-OH is 1. The molecule has 1 amide bonds. The van der Waals surface area contributed by atoms with Crippen LogP contribution >= 0.6 is 0 Å². The first kappa shape index (κ1) is 24.7. The summed E-state index contributed by atoms with van der Waals surface area (Å²) in [6.07, 6.45) is 3.10. The second-order valence-electron chi connectivity index (χ2n) is 8.46. The first-order chi connectivity index (χ1) is 17.4. The number of ether oxygens (including phenoxy) is 1. The van der Waals surface area contributed by atoms with Crippen LogP contribution in [0.4, 0.5) is 10.1 Å². The van der Waals surface area contributed by atoms with Crippen LogP contribution in [-0.2, 0) is 9.59 Å². The zero-order valence-electron chi connectivity index (χ0n) is 19.8. The number of hydrogen-bond donors (Lipinski definition) is 1. The number of amides is 1. The zero-order valence-corrected chi connectivity index (χ0v) is 19.8. The van der Waals surface area contributed by atoms with Gasteiger partial charge in [-0.3, -0.25) is 14.5 Å². The highest BCUT2D eigenvalue weighted by Crippen LogP contribution is 2.42. The van der Waals surface area contributed by atoms with E-state index in [1.807, 2.05) is 6.07 Å². The van der Waals surface area contributed by atoms with Crippen LogP contribution in [0.25, 0.3) is 5.76 Å². The van der Waals surface area contributed by atoms with Crippen molar-refractivity contribution in [2.45, 2.75) is 32.2 Å². The van der Waals surface area contributed by atoms with Crippen LogP contribution in [0.1, 0.15) is 48.9 Å². The Hall–Kier alpha value is -4.44. The van der Waals surface area contributed by atoms with Crippen LogP contribution in [0.5, 0.6) is 5.75 Å². The van der Waals surface area contributed by atoms with Gasteiger partial charge >= 0.3 is 0 Å². The monoisotopic (exact) mass is 484 g/mol. The largest absolute Gasteiger partial charge is 0.507 e. The van der Waals surface area contributed by atoms with Crippen LogP contribution < -0.4 is 9.64 Å². The van der Waals surface area contributed by atoms with Gasteiger partial charge in [-0.2, -0.15) is 5.26 Å². The van der Waals surface area contributed by atoms with Crippen LogP contribution in [-0.4, -0.2) is 23.4 Å². The van der Waals surface area contributed by atoms with Crippen LogP contribution in [0.15, 0.2) is 78.4 Å². The molecule has 1 unspecified atom stereocenters. The first-order valence-corrected chi connectivity index (χ1v) is 11.7. The molecule has 1 heterocycles. The molecule has 1 saturated heterocycles. The summed E-state index contributed by atoms with van der Waals surface area (Å²) in [7, 11) is 0. The van der Waals surface area contributed by atoms with Crippen molar-refractivity contribution in [3.05, 3.63) is 101 Å². The van der Waals surface area contributed by atoms with Crippen molar-refractivity contribution < 1.29 is 23.8 Å². The number of nitrogens with zero attached hydrogens (tertiary/aromatic N) is 2. The van der Waals surface area contributed by atoms with E-state index < -0.39 is 23.5 Å². The van der Waals surface area contributed by atoms with Gasteiger partial charge in [0.2, 0.25) is 0 Å². The molecule has 36 heavy (non-hydrogen) atoms. The summed E-state index contributed by atoms with van der Waals surface area (Å²) in [6, 6.07) is 19.3. The van der Waals surface area contributed by atoms with Gasteiger partial charge in [0.05, 0.1) is 29.9 Å². The van der Waals surface area contributed by atoms with Crippen molar-refractivity contribution in [2.24, 2.45) is 0 Å². The molecule has 182 valence electrons. The molecule has 7 heteroatoms. The Morgan fingerprint density at radius 2 is 1.67 bits per heavy atom. The Balaban J connectivity index is 1.75. The highest BCUT2D eigenvalue weighted by atomic mass is 19.1. The maximum atomic E-state index is 13.7. The third-order valence-corrected chi connectivity index (χ3v) is 6.05. The van der Waals surface area contributed by atoms with Gasteiger partial charge in [-0.05, 0) is 72.6 Å². The number of nitriles is 1. The maximum absolute atomic E-state index is 13.7. The van der Waals surface area contributed by atoms with Crippen molar-refractivity contribution in [3.8, 4) is 11.8 Å². The summed E-state index contributed by atoms with van der Waals surface area (Å²) in [5.41, 5.74) is 1.47. The molecular formula is C29H25FN2O4. The number of carbonyl (C=O) groups excluding carboxylic acids is 2. The number of hydrogen-bond acceptors (Lipinski definition) is 5. The molecule has 0 spiro atoms. The molecule has 0 saturated carbocycles. The summed E-state index contributed by atoms with van der Waals surface area (Å²) in [4.78, 5) is 27.6. The number of rotatable bonds is 8. The second kappa shape index (κ2) is 10.9. The lowest BCUT2D eigenvalue weighted by Crippen LogP contribution is -2.29. The number of ketones is 1. The SMILES string of the molecule is CCCCCOc1ccc(/C(O)=C2\C(=O)C(=O)N(c3ccc(C#N)cc3)C2c2ccc(F)cc2)cc1. The average molecular weight is 485 g/mol. The predicted octanol–water partition coefficient (Wildman–Crippen LogP) is 5.89. The minimum atomic E-state index is -0.983. The number of unbranched alkanes of at least 4 members (excludes halogenated alkanes) is 2. The number of Topliss-reactive ketones (excluding diaryl/α,β-unsaturated/α-hetero) is 1. The summed E-state index contributed by atoms with van der Waals surface area (Å²) in [6.45, 7) is 2.70. The van der Waals surface area contributed by atoms with Gasteiger partial charge in [-0.1, -0.05) is 31.9 Å². The standard InChI is InChI=1S/C29H25FN2O4/c1-2-3-4-17-36-24-15-9-21(10-16-24)27(33)25-26(20-7-11-22(30)12-8-20)32(29(35)28(25)34)23-13-5-19(18-31)6-14-23/h5-16,26,33H,2-4,17H2,1H3/b27-25+. The fourth-order valence-electron chi connectivity index (χ4n) is 4.16. The second-order valence-corrected chi connectivity index (χ2v) is 8.46. The van der Waals surface area contributed by atoms with Crippen molar-refractivity contribution >= 4 is 23.1 Å². The minimum Gasteiger partial charge on any atom is -0.507 e. The van der Waals surface area contributed by atoms with Gasteiger partial charge in [0.15, 0.2) is 0 Å². The summed E-state index contributed by atoms with van der Waals surface area (Å²) in [5, 5.41) is 20.3. The van der Waals surface area contributed by atoms with Gasteiger partial charge in [-0.25, -0.2) is 4.39 Å². The normalized spacial score (nSPS) is 16.7. The number of aliphatic hydroxyl groups is 1. The van der Waals surface area contributed by atoms with Gasteiger partial charge < -0.3 is 9.84 Å². The van der Waals surface area contributed by atoms with Crippen molar-refractivity contribution in [1.29, 1.82) is 5.26 Å². The molecule has 4 rings (SSSR count). The summed E-state index contributed by atoms with van der Waals surface area (Å²) >= 11 is 0. The molecule has 3 aromatic carbocycles. The van der Waals surface area contributed by atoms with Crippen LogP contribution in [0, 0.1) is 17.1 Å². The molecule has 0 aromatic heterocycles. The molecular weight excluding hydrogens is 459 g/mol. The van der Waals surface area contributed by atoms with E-state index in [9.17, 15) is 19.1 Å². The average Bonchev–Trinajstić information content (AvgIpc) is 3.17. The minimum absolute atomic E-state index is 0.104. The van der Waals surface area contributed by atoms with E-state index in [-0.39, 0.29) is 11.3 Å². The van der Waals surface area contributed by atoms with E-state index in [0.29, 0.717) is 34.7 Å². The summed E-state index contributed by atoms with van der Waals surface area (Å²) < 4.78 is 19.4. The topological polar surface area (TPSA) is 90.6 Å². The maximum Gasteiger partial charge on any atom is 0.300 e. The number of anilines is 1. The molecule has 0 bridgehead atoms. The lowest BCUT2D eigenvalue weighted by Gasteiger charge is -2.25. The Bertz CT molecular complexity index is 1320. The van der Waals surface area contributed by atoms with Gasteiger partial charge in [-0.15, -0.1) is 0 Å². The van der Waals surface area contributed by atoms with Crippen LogP contribution in [0.2, 0.25) is 0 Å². The lowest BCUT2D eigenvalue weighted by atomic mass is 9.95. The fourth-order valence-corrected chi connectivity index (χ4v) is 4.16. The molecule has 0 aliphatic carbocycles. The lowest BCUT2D eigenvalue weighted by molar-refractivity contribution is -0.132. The highest BCUT2D eigenvalue weighted by molar-refractivity contribution is 6.51. The van der Waals surface area contributed by atoms with E-state index >= 15 is 0 Å². The Morgan fingerprint density at radius 1 is 1.00 bits per heavy atom. The van der Waals surface area contributed by atoms with Crippen LogP contribution in [0.3, 0.4) is 0 Å². The number of carbonyl (C=O) groups is 2. The number of halogens is 1. The first-order valence-electron chi connectivity index (χ1n) is 11.7. The molecule has 1 fully saturated rings. The Morgan fingerprint density at radius 3 is 2.28 bits per heavy atom. The third kappa shape index (κ3) is 4.98. The molecule has 1 N–H and O–H groups in total. The van der Waals surface area contributed by atoms with Gasteiger partial charge in [0, 0.05) is 11.3 Å². The number of benzene rings is 3. The Kier molecular flexibility index (Phi) is 7.45. The molecule has 1 aliphatic rings. The smallest absolute Gasteiger partial charge is 0.300 e. The molecule has 3 aromatic rings. The van der Waals surface area contributed by atoms with E-state index in [1.165, 1.54) is 41.3 Å². The highest BCUT2D eigenvalue weighted by Gasteiger charge is 2.46. The Labute approximate surface area is 208 Å². The quantitative estimate of drug-likeness (QED) is 0.186. The van der Waals surface area contributed by atoms with Gasteiger partial charge in [0.1, 0.15) is 17.3 Å². The van der Waals surface area contributed by atoms with Gasteiger partial charge in [0.25, 0.3) is 11.7 Å². The van der Waals surface area contributed by atoms with Crippen molar-refractivity contribution in [1.82, 2.24) is 0 Å². The molecule has 6 nitrogen and oxygen atoms in total. The van der Waals surface area contributed by atoms with E-state index in [0.717, 1.165) is 19.3 Å². The fraction of sp³-hybridized carbons (Fsp3) is 0.207.